The van der Waals surface area contributed by atoms with Gasteiger partial charge in [0.1, 0.15) is 0 Å². The molecule has 3 N–H and O–H groups in total. The summed E-state index contributed by atoms with van der Waals surface area (Å²) in [5.41, 5.74) is 2.57. The Bertz CT molecular complexity index is 825. The first-order valence-electron chi connectivity index (χ1n) is 7.23. The topological polar surface area (TPSA) is 89.3 Å². The molecule has 0 fully saturated rings. The van der Waals surface area contributed by atoms with Gasteiger partial charge in [0.15, 0.2) is 0 Å². The third kappa shape index (κ3) is 4.18. The predicted molar refractivity (Wildman–Crippen MR) is 91.0 cm³/mol. The highest BCUT2D eigenvalue weighted by Gasteiger charge is 2.14. The van der Waals surface area contributed by atoms with E-state index in [0.29, 0.717) is 22.7 Å². The molecule has 0 unspecified atom stereocenters. The minimum Gasteiger partial charge on any atom is -0.322 e. The van der Waals surface area contributed by atoms with Crippen molar-refractivity contribution in [3.63, 3.8) is 0 Å². The van der Waals surface area contributed by atoms with E-state index in [1.54, 1.807) is 31.2 Å². The average molecular weight is 332 g/mol. The van der Waals surface area contributed by atoms with Crippen LogP contribution in [0.1, 0.15) is 41.3 Å². The molecule has 5 nitrogen and oxygen atoms in total. The van der Waals surface area contributed by atoms with Crippen molar-refractivity contribution in [2.45, 2.75) is 31.6 Å². The Balaban J connectivity index is 2.23. The summed E-state index contributed by atoms with van der Waals surface area (Å²) < 4.78 is 23.1. The number of amides is 1. The summed E-state index contributed by atoms with van der Waals surface area (Å²) in [6, 6.07) is 11.9. The number of hydrogen-bond acceptors (Lipinski definition) is 3. The van der Waals surface area contributed by atoms with E-state index in [0.717, 1.165) is 5.56 Å². The number of carbonyl (C=O) groups is 1. The Hall–Kier alpha value is -2.18. The number of carbonyl (C=O) groups excluding carboxylic acids is 1. The maximum atomic E-state index is 12.2. The van der Waals surface area contributed by atoms with Crippen LogP contribution in [0.15, 0.2) is 47.4 Å². The van der Waals surface area contributed by atoms with Gasteiger partial charge in [0.25, 0.3) is 5.91 Å². The molecule has 2 aromatic carbocycles. The molecule has 0 saturated heterocycles. The molecule has 0 bridgehead atoms. The molecule has 1 amide bonds. The van der Waals surface area contributed by atoms with Crippen molar-refractivity contribution in [2.24, 2.45) is 5.14 Å². The molecule has 0 aliphatic heterocycles. The standard InChI is InChI=1S/C17H20N2O3S/c1-11(2)13-5-7-14(8-6-13)17(20)19-15-9-4-12(3)16(10-15)23(18,21)22/h4-11H,1-3H3,(H,19,20)(H2,18,21,22). The van der Waals surface area contributed by atoms with Crippen LogP contribution >= 0.6 is 0 Å². The lowest BCUT2D eigenvalue weighted by Crippen LogP contribution is -2.16. The summed E-state index contributed by atoms with van der Waals surface area (Å²) >= 11 is 0. The zero-order chi connectivity index (χ0) is 17.2. The molecule has 0 aromatic heterocycles. The van der Waals surface area contributed by atoms with Crippen LogP contribution in [-0.4, -0.2) is 14.3 Å². The number of sulfonamides is 1. The van der Waals surface area contributed by atoms with Gasteiger partial charge >= 0.3 is 0 Å². The quantitative estimate of drug-likeness (QED) is 0.902. The van der Waals surface area contributed by atoms with Crippen LogP contribution in [0.4, 0.5) is 5.69 Å². The minimum atomic E-state index is -3.82. The lowest BCUT2D eigenvalue weighted by atomic mass is 10.0. The van der Waals surface area contributed by atoms with Gasteiger partial charge in [-0.1, -0.05) is 32.0 Å². The predicted octanol–water partition coefficient (Wildman–Crippen LogP) is 3.02. The lowest BCUT2D eigenvalue weighted by Gasteiger charge is -2.10. The molecule has 0 atom stereocenters. The SMILES string of the molecule is Cc1ccc(NC(=O)c2ccc(C(C)C)cc2)cc1S(N)(=O)=O. The van der Waals surface area contributed by atoms with Crippen LogP contribution in [0, 0.1) is 6.92 Å². The molecular weight excluding hydrogens is 312 g/mol. The summed E-state index contributed by atoms with van der Waals surface area (Å²) in [5.74, 6) is 0.0889. The van der Waals surface area contributed by atoms with E-state index in [4.69, 9.17) is 5.14 Å². The van der Waals surface area contributed by atoms with Crippen molar-refractivity contribution < 1.29 is 13.2 Å². The number of anilines is 1. The third-order valence-electron chi connectivity index (χ3n) is 3.59. The van der Waals surface area contributed by atoms with E-state index < -0.39 is 10.0 Å². The molecule has 2 rings (SSSR count). The zero-order valence-corrected chi connectivity index (χ0v) is 14.1. The Morgan fingerprint density at radius 1 is 1.09 bits per heavy atom. The fraction of sp³-hybridized carbons (Fsp3) is 0.235. The Morgan fingerprint density at radius 3 is 2.22 bits per heavy atom. The van der Waals surface area contributed by atoms with E-state index in [-0.39, 0.29) is 10.8 Å². The second-order valence-electron chi connectivity index (χ2n) is 5.76. The molecule has 0 aliphatic rings. The first kappa shape index (κ1) is 17.2. The van der Waals surface area contributed by atoms with E-state index in [9.17, 15) is 13.2 Å². The van der Waals surface area contributed by atoms with E-state index in [2.05, 4.69) is 19.2 Å². The van der Waals surface area contributed by atoms with E-state index in [1.165, 1.54) is 6.07 Å². The van der Waals surface area contributed by atoms with Crippen LogP contribution in [0.2, 0.25) is 0 Å². The molecule has 2 aromatic rings. The van der Waals surface area contributed by atoms with Crippen LogP contribution < -0.4 is 10.5 Å². The summed E-state index contributed by atoms with van der Waals surface area (Å²) in [6.45, 7) is 5.81. The summed E-state index contributed by atoms with van der Waals surface area (Å²) in [4.78, 5) is 12.3. The van der Waals surface area contributed by atoms with Gasteiger partial charge in [-0.25, -0.2) is 13.6 Å². The van der Waals surface area contributed by atoms with E-state index in [1.807, 2.05) is 12.1 Å². The third-order valence-corrected chi connectivity index (χ3v) is 4.64. The molecule has 0 heterocycles. The van der Waals surface area contributed by atoms with Gasteiger partial charge in [-0.3, -0.25) is 4.79 Å². The Kier molecular flexibility index (Phi) is 4.87. The summed E-state index contributed by atoms with van der Waals surface area (Å²) in [6.07, 6.45) is 0. The Morgan fingerprint density at radius 2 is 1.70 bits per heavy atom. The van der Waals surface area contributed by atoms with Gasteiger partial charge in [0.05, 0.1) is 4.90 Å². The second kappa shape index (κ2) is 6.52. The van der Waals surface area contributed by atoms with Gasteiger partial charge in [0, 0.05) is 11.3 Å². The van der Waals surface area contributed by atoms with Gasteiger partial charge in [-0.15, -0.1) is 0 Å². The highest BCUT2D eigenvalue weighted by Crippen LogP contribution is 2.20. The maximum absolute atomic E-state index is 12.2. The molecule has 122 valence electrons. The number of nitrogens with two attached hydrogens (primary N) is 1. The highest BCUT2D eigenvalue weighted by atomic mass is 32.2. The van der Waals surface area contributed by atoms with Crippen molar-refractivity contribution in [3.8, 4) is 0 Å². The monoisotopic (exact) mass is 332 g/mol. The van der Waals surface area contributed by atoms with Gasteiger partial charge in [-0.05, 0) is 48.2 Å². The van der Waals surface area contributed by atoms with Crippen molar-refractivity contribution in [1.82, 2.24) is 0 Å². The number of hydrogen-bond donors (Lipinski definition) is 2. The molecule has 0 saturated carbocycles. The van der Waals surface area contributed by atoms with Gasteiger partial charge in [-0.2, -0.15) is 0 Å². The van der Waals surface area contributed by atoms with Crippen LogP contribution in [0.3, 0.4) is 0 Å². The molecule has 0 radical (unpaired) electrons. The van der Waals surface area contributed by atoms with Crippen LogP contribution in [0.5, 0.6) is 0 Å². The number of primary sulfonamides is 1. The van der Waals surface area contributed by atoms with Crippen molar-refractivity contribution >= 4 is 21.6 Å². The van der Waals surface area contributed by atoms with Gasteiger partial charge < -0.3 is 5.32 Å². The van der Waals surface area contributed by atoms with Crippen molar-refractivity contribution in [2.75, 3.05) is 5.32 Å². The first-order valence-corrected chi connectivity index (χ1v) is 8.78. The first-order chi connectivity index (χ1) is 10.7. The highest BCUT2D eigenvalue weighted by molar-refractivity contribution is 7.89. The van der Waals surface area contributed by atoms with Gasteiger partial charge in [0.2, 0.25) is 10.0 Å². The Labute approximate surface area is 136 Å². The molecule has 23 heavy (non-hydrogen) atoms. The second-order valence-corrected chi connectivity index (χ2v) is 7.29. The molecule has 0 spiro atoms. The molecule has 0 aliphatic carbocycles. The fourth-order valence-corrected chi connectivity index (χ4v) is 3.02. The number of nitrogens with one attached hydrogen (secondary N) is 1. The maximum Gasteiger partial charge on any atom is 0.255 e. The number of rotatable bonds is 4. The number of benzene rings is 2. The summed E-state index contributed by atoms with van der Waals surface area (Å²) in [7, 11) is -3.82. The number of aryl methyl sites for hydroxylation is 1. The van der Waals surface area contributed by atoms with Crippen molar-refractivity contribution in [1.29, 1.82) is 0 Å². The zero-order valence-electron chi connectivity index (χ0n) is 13.3. The molecular formula is C17H20N2O3S. The fourth-order valence-electron chi connectivity index (χ4n) is 2.21. The van der Waals surface area contributed by atoms with Crippen LogP contribution in [0.25, 0.3) is 0 Å². The normalized spacial score (nSPS) is 11.5. The van der Waals surface area contributed by atoms with E-state index >= 15 is 0 Å². The minimum absolute atomic E-state index is 0.00505. The van der Waals surface area contributed by atoms with Crippen LogP contribution in [-0.2, 0) is 10.0 Å². The smallest absolute Gasteiger partial charge is 0.255 e. The van der Waals surface area contributed by atoms with Crippen molar-refractivity contribution in [3.05, 3.63) is 59.2 Å². The average Bonchev–Trinajstić information content (AvgIpc) is 2.48. The summed E-state index contributed by atoms with van der Waals surface area (Å²) in [5, 5.41) is 7.86. The molecule has 6 heteroatoms. The largest absolute Gasteiger partial charge is 0.322 e. The lowest BCUT2D eigenvalue weighted by molar-refractivity contribution is 0.102.